The van der Waals surface area contributed by atoms with Crippen molar-refractivity contribution in [3.05, 3.63) is 78.0 Å². The molecule has 2 aliphatic rings. The molecule has 0 aliphatic carbocycles. The van der Waals surface area contributed by atoms with Gasteiger partial charge in [-0.2, -0.15) is 0 Å². The smallest absolute Gasteiger partial charge is 0.289 e. The highest BCUT2D eigenvalue weighted by molar-refractivity contribution is 5.97. The number of benzene rings is 1. The van der Waals surface area contributed by atoms with E-state index in [2.05, 4.69) is 6.07 Å². The minimum Gasteiger partial charge on any atom is -0.459 e. The third kappa shape index (κ3) is 4.16. The molecule has 0 saturated carbocycles. The van der Waals surface area contributed by atoms with Gasteiger partial charge in [0.25, 0.3) is 11.8 Å². The fourth-order valence-electron chi connectivity index (χ4n) is 4.60. The summed E-state index contributed by atoms with van der Waals surface area (Å²) in [6.45, 7) is 2.55. The lowest BCUT2D eigenvalue weighted by atomic mass is 10.0. The largest absolute Gasteiger partial charge is 0.459 e. The Morgan fingerprint density at radius 3 is 2.33 bits per heavy atom. The molecule has 0 N–H and O–H groups in total. The van der Waals surface area contributed by atoms with E-state index in [1.165, 1.54) is 11.8 Å². The average Bonchev–Trinajstić information content (AvgIpc) is 3.55. The van der Waals surface area contributed by atoms with Gasteiger partial charge in [-0.25, -0.2) is 0 Å². The van der Waals surface area contributed by atoms with Gasteiger partial charge in [-0.15, -0.1) is 0 Å². The summed E-state index contributed by atoms with van der Waals surface area (Å²) >= 11 is 0. The maximum absolute atomic E-state index is 13.2. The molecule has 0 unspecified atom stereocenters. The van der Waals surface area contributed by atoms with Crippen LogP contribution in [0.4, 0.5) is 5.69 Å². The Hall–Kier alpha value is -3.81. The molecule has 8 heteroatoms. The molecule has 170 valence electrons. The lowest BCUT2D eigenvalue weighted by molar-refractivity contribution is -0.119. The van der Waals surface area contributed by atoms with Gasteiger partial charge in [0.1, 0.15) is 12.2 Å². The number of rotatable bonds is 4. The second kappa shape index (κ2) is 8.97. The molecule has 0 radical (unpaired) electrons. The Balaban J connectivity index is 1.24. The first-order valence-corrected chi connectivity index (χ1v) is 11.3. The van der Waals surface area contributed by atoms with Crippen molar-refractivity contribution in [3.63, 3.8) is 0 Å². The van der Waals surface area contributed by atoms with Crippen LogP contribution in [-0.2, 0) is 17.8 Å². The van der Waals surface area contributed by atoms with Crippen LogP contribution in [0.1, 0.15) is 33.0 Å². The van der Waals surface area contributed by atoms with E-state index in [4.69, 9.17) is 4.42 Å². The van der Waals surface area contributed by atoms with Gasteiger partial charge in [0.2, 0.25) is 5.91 Å². The van der Waals surface area contributed by atoms with E-state index in [0.29, 0.717) is 44.2 Å². The van der Waals surface area contributed by atoms with Crippen LogP contribution in [0, 0.1) is 0 Å². The summed E-state index contributed by atoms with van der Waals surface area (Å²) in [6.07, 6.45) is 5.16. The zero-order valence-corrected chi connectivity index (χ0v) is 18.4. The van der Waals surface area contributed by atoms with Gasteiger partial charge in [0, 0.05) is 44.6 Å². The number of carbonyl (C=O) groups is 3. The standard InChI is InChI=1S/C25H26N4O4/c30-23(29-12-3-7-19-6-1-2-8-20(19)29)18-28-11-4-9-21(28)24(31)26-13-15-27(16-14-26)25(32)22-10-5-17-33-22/h1-2,4-6,8-11,17H,3,7,12-16,18H2. The summed E-state index contributed by atoms with van der Waals surface area (Å²) in [5, 5.41) is 0. The minimum atomic E-state index is -0.164. The third-order valence-corrected chi connectivity index (χ3v) is 6.35. The summed E-state index contributed by atoms with van der Waals surface area (Å²) in [6, 6.07) is 14.9. The van der Waals surface area contributed by atoms with Crippen molar-refractivity contribution in [2.45, 2.75) is 19.4 Å². The van der Waals surface area contributed by atoms with Crippen LogP contribution in [0.2, 0.25) is 0 Å². The monoisotopic (exact) mass is 446 g/mol. The maximum Gasteiger partial charge on any atom is 0.289 e. The normalized spacial score (nSPS) is 15.9. The maximum atomic E-state index is 13.2. The van der Waals surface area contributed by atoms with Gasteiger partial charge >= 0.3 is 0 Å². The Kier molecular flexibility index (Phi) is 5.73. The van der Waals surface area contributed by atoms with Gasteiger partial charge in [-0.1, -0.05) is 18.2 Å². The first-order chi connectivity index (χ1) is 16.1. The number of fused-ring (bicyclic) bond motifs is 1. The number of furan rings is 1. The first-order valence-electron chi connectivity index (χ1n) is 11.3. The second-order valence-corrected chi connectivity index (χ2v) is 8.36. The van der Waals surface area contributed by atoms with Gasteiger partial charge in [0.15, 0.2) is 5.76 Å². The van der Waals surface area contributed by atoms with Crippen molar-refractivity contribution in [2.24, 2.45) is 0 Å². The van der Waals surface area contributed by atoms with E-state index >= 15 is 0 Å². The molecule has 5 rings (SSSR count). The lowest BCUT2D eigenvalue weighted by Crippen LogP contribution is -2.51. The number of carbonyl (C=O) groups excluding carboxylic acids is 3. The molecule has 1 saturated heterocycles. The highest BCUT2D eigenvalue weighted by Crippen LogP contribution is 2.27. The van der Waals surface area contributed by atoms with Crippen molar-refractivity contribution in [2.75, 3.05) is 37.6 Å². The quantitative estimate of drug-likeness (QED) is 0.617. The van der Waals surface area contributed by atoms with Crippen LogP contribution in [0.3, 0.4) is 0 Å². The SMILES string of the molecule is O=C(c1ccco1)N1CCN(C(=O)c2cccn2CC(=O)N2CCCc3ccccc32)CC1. The first kappa shape index (κ1) is 21.1. The van der Waals surface area contributed by atoms with Crippen molar-refractivity contribution >= 4 is 23.4 Å². The molecule has 8 nitrogen and oxygen atoms in total. The zero-order chi connectivity index (χ0) is 22.8. The molecule has 1 aromatic carbocycles. The van der Waals surface area contributed by atoms with Gasteiger partial charge in [0.05, 0.1) is 6.26 Å². The second-order valence-electron chi connectivity index (χ2n) is 8.36. The number of hydrogen-bond donors (Lipinski definition) is 0. The van der Waals surface area contributed by atoms with Crippen LogP contribution < -0.4 is 4.90 Å². The average molecular weight is 447 g/mol. The van der Waals surface area contributed by atoms with Crippen LogP contribution in [-0.4, -0.2) is 64.8 Å². The van der Waals surface area contributed by atoms with Crippen molar-refractivity contribution in [1.82, 2.24) is 14.4 Å². The Morgan fingerprint density at radius 2 is 1.58 bits per heavy atom. The van der Waals surface area contributed by atoms with Crippen LogP contribution >= 0.6 is 0 Å². The van der Waals surface area contributed by atoms with E-state index in [0.717, 1.165) is 18.5 Å². The lowest BCUT2D eigenvalue weighted by Gasteiger charge is -2.34. The molecule has 0 atom stereocenters. The molecule has 2 aliphatic heterocycles. The van der Waals surface area contributed by atoms with Crippen LogP contribution in [0.5, 0.6) is 0 Å². The molecule has 1 fully saturated rings. The fraction of sp³-hybridized carbons (Fsp3) is 0.320. The zero-order valence-electron chi connectivity index (χ0n) is 18.4. The van der Waals surface area contributed by atoms with E-state index in [-0.39, 0.29) is 24.3 Å². The van der Waals surface area contributed by atoms with Crippen molar-refractivity contribution in [1.29, 1.82) is 0 Å². The highest BCUT2D eigenvalue weighted by atomic mass is 16.3. The summed E-state index contributed by atoms with van der Waals surface area (Å²) in [5.74, 6) is -0.0115. The number of hydrogen-bond acceptors (Lipinski definition) is 4. The Morgan fingerprint density at radius 1 is 0.818 bits per heavy atom. The van der Waals surface area contributed by atoms with Gasteiger partial charge in [-0.05, 0) is 48.7 Å². The molecule has 3 amide bonds. The Bertz CT molecular complexity index is 1160. The third-order valence-electron chi connectivity index (χ3n) is 6.35. The highest BCUT2D eigenvalue weighted by Gasteiger charge is 2.29. The summed E-state index contributed by atoms with van der Waals surface area (Å²) in [5.41, 5.74) is 2.63. The molecule has 2 aromatic heterocycles. The molecule has 33 heavy (non-hydrogen) atoms. The Labute approximate surface area is 192 Å². The number of aromatic nitrogens is 1. The number of piperazine rings is 1. The van der Waals surface area contributed by atoms with E-state index in [9.17, 15) is 14.4 Å². The molecular weight excluding hydrogens is 420 g/mol. The van der Waals surface area contributed by atoms with Crippen molar-refractivity contribution in [3.8, 4) is 0 Å². The number of anilines is 1. The summed E-state index contributed by atoms with van der Waals surface area (Å²) in [7, 11) is 0. The van der Waals surface area contributed by atoms with Gasteiger partial charge in [-0.3, -0.25) is 14.4 Å². The number of nitrogens with zero attached hydrogens (tertiary/aromatic N) is 4. The minimum absolute atomic E-state index is 0.0266. The molecule has 0 spiro atoms. The number of amides is 3. The molecular formula is C25H26N4O4. The van der Waals surface area contributed by atoms with Crippen molar-refractivity contribution < 1.29 is 18.8 Å². The van der Waals surface area contributed by atoms with Gasteiger partial charge < -0.3 is 23.7 Å². The topological polar surface area (TPSA) is 79.0 Å². The van der Waals surface area contributed by atoms with E-state index < -0.39 is 0 Å². The fourth-order valence-corrected chi connectivity index (χ4v) is 4.60. The van der Waals surface area contributed by atoms with Crippen LogP contribution in [0.25, 0.3) is 0 Å². The molecule has 4 heterocycles. The summed E-state index contributed by atoms with van der Waals surface area (Å²) in [4.78, 5) is 44.1. The molecule has 3 aromatic rings. The van der Waals surface area contributed by atoms with E-state index in [1.54, 1.807) is 44.8 Å². The number of aryl methyl sites for hydroxylation is 1. The molecule has 0 bridgehead atoms. The van der Waals surface area contributed by atoms with E-state index in [1.807, 2.05) is 23.1 Å². The predicted molar refractivity (Wildman–Crippen MR) is 122 cm³/mol. The summed E-state index contributed by atoms with van der Waals surface area (Å²) < 4.78 is 6.92. The predicted octanol–water partition coefficient (Wildman–Crippen LogP) is 2.66. The number of para-hydroxylation sites is 1. The van der Waals surface area contributed by atoms with Crippen LogP contribution in [0.15, 0.2) is 65.4 Å².